The number of primary amides is 1. The molecule has 0 spiro atoms. The number of anilines is 1. The molecule has 0 fully saturated rings. The smallest absolute Gasteiger partial charge is 0.255 e. The van der Waals surface area contributed by atoms with Crippen LogP contribution in [0.25, 0.3) is 0 Å². The number of hydrogen-bond donors (Lipinski definition) is 6. The third kappa shape index (κ3) is 2.53. The molecule has 164 valence electrons. The van der Waals surface area contributed by atoms with Gasteiger partial charge in [0, 0.05) is 17.7 Å². The summed E-state index contributed by atoms with van der Waals surface area (Å²) in [4.78, 5) is 43.5. The Bertz CT molecular complexity index is 1120. The summed E-state index contributed by atoms with van der Waals surface area (Å²) in [5.41, 5.74) is 7.38. The number of aliphatic hydroxyl groups excluding tert-OH is 2. The summed E-state index contributed by atoms with van der Waals surface area (Å²) in [5.74, 6) is -7.37. The van der Waals surface area contributed by atoms with Crippen LogP contribution in [0, 0.1) is 11.8 Å². The molecule has 0 aliphatic heterocycles. The molecule has 0 unspecified atom stereocenters. The number of hydrogen-bond acceptors (Lipinski definition) is 10. The molecule has 31 heavy (non-hydrogen) atoms. The van der Waals surface area contributed by atoms with E-state index >= 15 is 0 Å². The van der Waals surface area contributed by atoms with Crippen LogP contribution >= 0.6 is 0 Å². The van der Waals surface area contributed by atoms with Gasteiger partial charge in [-0.25, -0.2) is 4.98 Å². The molecule has 8 N–H and O–H groups in total. The molecule has 4 atom stereocenters. The SMILES string of the molecule is CN(C)[C@@H]1C(O)=C(C(N)=O)C(=O)[C@@]2(O)C(O)=C3C(=O)c4c(cnc(N)c4O)C[C@H]3C[C@@H]12. The Balaban J connectivity index is 1.97. The van der Waals surface area contributed by atoms with Crippen molar-refractivity contribution in [3.05, 3.63) is 40.0 Å². The monoisotopic (exact) mass is 430 g/mol. The first kappa shape index (κ1) is 20.8. The number of likely N-dealkylation sites (N-methyl/N-ethyl adjacent to an activating group) is 1. The molecule has 0 radical (unpaired) electrons. The van der Waals surface area contributed by atoms with Crippen molar-refractivity contribution < 1.29 is 34.8 Å². The molecule has 1 aromatic heterocycles. The first-order valence-corrected chi connectivity index (χ1v) is 9.53. The first-order valence-electron chi connectivity index (χ1n) is 9.53. The van der Waals surface area contributed by atoms with Gasteiger partial charge in [-0.3, -0.25) is 19.3 Å². The van der Waals surface area contributed by atoms with Gasteiger partial charge >= 0.3 is 0 Å². The maximum atomic E-state index is 13.2. The second-order valence-electron chi connectivity index (χ2n) is 8.36. The van der Waals surface area contributed by atoms with Crippen molar-refractivity contribution in [2.75, 3.05) is 19.8 Å². The second kappa shape index (κ2) is 6.53. The molecule has 1 aromatic rings. The topological polar surface area (TPSA) is 200 Å². The van der Waals surface area contributed by atoms with E-state index in [9.17, 15) is 34.8 Å². The largest absolute Gasteiger partial charge is 0.510 e. The average Bonchev–Trinajstić information content (AvgIpc) is 2.67. The zero-order valence-corrected chi connectivity index (χ0v) is 16.8. The lowest BCUT2D eigenvalue weighted by molar-refractivity contribution is -0.148. The second-order valence-corrected chi connectivity index (χ2v) is 8.36. The number of nitrogens with two attached hydrogens (primary N) is 2. The van der Waals surface area contributed by atoms with E-state index in [-0.39, 0.29) is 29.8 Å². The van der Waals surface area contributed by atoms with Crippen molar-refractivity contribution in [1.29, 1.82) is 0 Å². The Kier molecular flexibility index (Phi) is 4.38. The fraction of sp³-hybridized carbons (Fsp3) is 0.400. The number of Topliss-reactive ketones (excluding diaryl/α,β-unsaturated/α-hetero) is 2. The van der Waals surface area contributed by atoms with Crippen LogP contribution in [0.5, 0.6) is 5.75 Å². The zero-order chi connectivity index (χ0) is 23.0. The van der Waals surface area contributed by atoms with E-state index in [0.717, 1.165) is 0 Å². The fourth-order valence-corrected chi connectivity index (χ4v) is 5.13. The summed E-state index contributed by atoms with van der Waals surface area (Å²) >= 11 is 0. The summed E-state index contributed by atoms with van der Waals surface area (Å²) in [6, 6.07) is -1.02. The number of ketones is 2. The third-order valence-corrected chi connectivity index (χ3v) is 6.49. The number of pyridine rings is 1. The first-order chi connectivity index (χ1) is 14.4. The molecule has 0 saturated heterocycles. The highest BCUT2D eigenvalue weighted by molar-refractivity contribution is 6.24. The van der Waals surface area contributed by atoms with Gasteiger partial charge in [0.15, 0.2) is 23.0 Å². The number of rotatable bonds is 2. The molecule has 4 rings (SSSR count). The van der Waals surface area contributed by atoms with E-state index in [2.05, 4.69) is 4.98 Å². The Morgan fingerprint density at radius 2 is 1.90 bits per heavy atom. The number of amides is 1. The number of aliphatic hydroxyl groups is 3. The molecule has 3 aliphatic carbocycles. The highest BCUT2D eigenvalue weighted by Crippen LogP contribution is 2.52. The lowest BCUT2D eigenvalue weighted by Crippen LogP contribution is -2.63. The van der Waals surface area contributed by atoms with Gasteiger partial charge in [-0.1, -0.05) is 0 Å². The van der Waals surface area contributed by atoms with Crippen molar-refractivity contribution in [1.82, 2.24) is 9.88 Å². The van der Waals surface area contributed by atoms with Crippen molar-refractivity contribution in [2.45, 2.75) is 24.5 Å². The van der Waals surface area contributed by atoms with Crippen LogP contribution in [-0.2, 0) is 16.0 Å². The van der Waals surface area contributed by atoms with Crippen LogP contribution in [0.1, 0.15) is 22.3 Å². The molecule has 3 aliphatic rings. The summed E-state index contributed by atoms with van der Waals surface area (Å²) in [7, 11) is 3.14. The van der Waals surface area contributed by atoms with Crippen molar-refractivity contribution >= 4 is 23.3 Å². The number of aromatic nitrogens is 1. The highest BCUT2D eigenvalue weighted by atomic mass is 16.3. The van der Waals surface area contributed by atoms with Gasteiger partial charge in [0.1, 0.15) is 17.1 Å². The lowest BCUT2D eigenvalue weighted by Gasteiger charge is -2.50. The van der Waals surface area contributed by atoms with Crippen molar-refractivity contribution in [2.24, 2.45) is 17.6 Å². The predicted octanol–water partition coefficient (Wildman–Crippen LogP) is -0.902. The standard InChI is InChI=1S/C20H22N4O7/c1-24(2)12-8-4-6-3-7-5-23-18(21)15(27)9(7)13(25)10(6)16(28)20(8,31)17(29)11(14(12)26)19(22)30/h5-6,8,12,26-28,31H,3-4H2,1-2H3,(H2,21,23)(H2,22,30)/t6-,8-,12-,20-/m0/s1. The minimum Gasteiger partial charge on any atom is -0.510 e. The Labute approximate surface area is 176 Å². The fourth-order valence-electron chi connectivity index (χ4n) is 5.13. The predicted molar refractivity (Wildman–Crippen MR) is 106 cm³/mol. The van der Waals surface area contributed by atoms with Gasteiger partial charge in [-0.2, -0.15) is 0 Å². The number of allylic oxidation sites excluding steroid dienone is 1. The van der Waals surface area contributed by atoms with Crippen LogP contribution in [0.2, 0.25) is 0 Å². The Morgan fingerprint density at radius 1 is 1.26 bits per heavy atom. The average molecular weight is 430 g/mol. The number of fused-ring (bicyclic) bond motifs is 3. The van der Waals surface area contributed by atoms with E-state index in [1.807, 2.05) is 0 Å². The van der Waals surface area contributed by atoms with Gasteiger partial charge < -0.3 is 31.9 Å². The number of carbonyl (C=O) groups is 3. The van der Waals surface area contributed by atoms with E-state index < -0.39 is 63.8 Å². The van der Waals surface area contributed by atoms with Crippen LogP contribution < -0.4 is 11.5 Å². The molecule has 0 bridgehead atoms. The van der Waals surface area contributed by atoms with Gasteiger partial charge in [0.25, 0.3) is 5.91 Å². The van der Waals surface area contributed by atoms with Gasteiger partial charge in [-0.15, -0.1) is 0 Å². The van der Waals surface area contributed by atoms with Crippen LogP contribution in [-0.4, -0.2) is 73.5 Å². The number of nitrogens with zero attached hydrogens (tertiary/aromatic N) is 2. The number of aromatic hydroxyl groups is 1. The molecule has 1 amide bonds. The molecule has 0 aromatic carbocycles. The maximum absolute atomic E-state index is 13.2. The molecule has 0 saturated carbocycles. The van der Waals surface area contributed by atoms with Crippen molar-refractivity contribution in [3.8, 4) is 5.75 Å². The number of nitrogen functional groups attached to an aromatic ring is 1. The third-order valence-electron chi connectivity index (χ3n) is 6.49. The van der Waals surface area contributed by atoms with Crippen LogP contribution in [0.3, 0.4) is 0 Å². The highest BCUT2D eigenvalue weighted by Gasteiger charge is 2.63. The van der Waals surface area contributed by atoms with Crippen LogP contribution in [0.15, 0.2) is 28.9 Å². The summed E-state index contributed by atoms with van der Waals surface area (Å²) in [6.45, 7) is 0. The van der Waals surface area contributed by atoms with Crippen molar-refractivity contribution in [3.63, 3.8) is 0 Å². The normalized spacial score (nSPS) is 30.3. The molecular weight excluding hydrogens is 408 g/mol. The summed E-state index contributed by atoms with van der Waals surface area (Å²) < 4.78 is 0. The maximum Gasteiger partial charge on any atom is 0.255 e. The quantitative estimate of drug-likeness (QED) is 0.319. The van der Waals surface area contributed by atoms with E-state index in [1.165, 1.54) is 11.1 Å². The molecule has 11 nitrogen and oxygen atoms in total. The lowest BCUT2D eigenvalue weighted by atomic mass is 9.58. The minimum atomic E-state index is -2.65. The molecule has 11 heteroatoms. The Hall–Kier alpha value is -3.44. The van der Waals surface area contributed by atoms with E-state index in [0.29, 0.717) is 5.56 Å². The summed E-state index contributed by atoms with van der Waals surface area (Å²) in [5, 5.41) is 43.4. The van der Waals surface area contributed by atoms with Gasteiger partial charge in [0.2, 0.25) is 5.78 Å². The van der Waals surface area contributed by atoms with E-state index in [1.54, 1.807) is 14.1 Å². The molecular formula is C20H22N4O7. The zero-order valence-electron chi connectivity index (χ0n) is 16.8. The minimum absolute atomic E-state index is 0.0247. The number of carbonyl (C=O) groups excluding carboxylic acids is 3. The van der Waals surface area contributed by atoms with E-state index in [4.69, 9.17) is 11.5 Å². The Morgan fingerprint density at radius 3 is 2.48 bits per heavy atom. The molecule has 1 heterocycles. The van der Waals surface area contributed by atoms with Crippen LogP contribution in [0.4, 0.5) is 5.82 Å². The van der Waals surface area contributed by atoms with Gasteiger partial charge in [-0.05, 0) is 38.4 Å². The van der Waals surface area contributed by atoms with Gasteiger partial charge in [0.05, 0.1) is 11.6 Å². The summed E-state index contributed by atoms with van der Waals surface area (Å²) in [6.07, 6.45) is 1.56.